The summed E-state index contributed by atoms with van der Waals surface area (Å²) < 4.78 is 43.3. The fourth-order valence-electron chi connectivity index (χ4n) is 4.83. The van der Waals surface area contributed by atoms with Gasteiger partial charge in [0, 0.05) is 40.9 Å². The number of carbonyl (C=O) groups excluding carboxylic acids is 1. The zero-order valence-electron chi connectivity index (χ0n) is 20.2. The molecule has 2 unspecified atom stereocenters. The van der Waals surface area contributed by atoms with Gasteiger partial charge < -0.3 is 15.3 Å². The Morgan fingerprint density at radius 3 is 2.76 bits per heavy atom. The van der Waals surface area contributed by atoms with Crippen LogP contribution in [0.4, 0.5) is 19.0 Å². The van der Waals surface area contributed by atoms with Crippen molar-refractivity contribution in [3.05, 3.63) is 69.2 Å². The summed E-state index contributed by atoms with van der Waals surface area (Å²) in [6.45, 7) is 2.46. The van der Waals surface area contributed by atoms with Gasteiger partial charge in [-0.15, -0.1) is 0 Å². The van der Waals surface area contributed by atoms with Crippen LogP contribution in [0, 0.1) is 18.6 Å². The number of anilines is 1. The second-order valence-corrected chi connectivity index (χ2v) is 10.2. The van der Waals surface area contributed by atoms with Gasteiger partial charge in [0.05, 0.1) is 17.6 Å². The van der Waals surface area contributed by atoms with E-state index in [1.807, 2.05) is 4.90 Å². The number of benzene rings is 2. The molecule has 1 aliphatic heterocycles. The first kappa shape index (κ1) is 26.9. The molecule has 2 aromatic carbocycles. The highest BCUT2D eigenvalue weighted by Crippen LogP contribution is 2.32. The third-order valence-corrected chi connectivity index (χ3v) is 7.16. The van der Waals surface area contributed by atoms with E-state index in [1.165, 1.54) is 0 Å². The highest BCUT2D eigenvalue weighted by Gasteiger charge is 2.26. The normalized spacial score (nSPS) is 16.6. The molecule has 196 valence electrons. The first-order chi connectivity index (χ1) is 17.6. The number of piperidine rings is 1. The Morgan fingerprint density at radius 2 is 2.03 bits per heavy atom. The van der Waals surface area contributed by atoms with Gasteiger partial charge in [-0.25, -0.2) is 18.2 Å². The number of aromatic nitrogens is 1. The number of nitrogens with one attached hydrogen (secondary N) is 1. The van der Waals surface area contributed by atoms with Crippen LogP contribution in [0.25, 0.3) is 10.9 Å². The Bertz CT molecular complexity index is 1340. The molecule has 3 aromatic rings. The van der Waals surface area contributed by atoms with Gasteiger partial charge in [-0.3, -0.25) is 9.59 Å². The van der Waals surface area contributed by atoms with E-state index in [4.69, 9.17) is 10.1 Å². The highest BCUT2D eigenvalue weighted by molar-refractivity contribution is 9.10. The van der Waals surface area contributed by atoms with Crippen LogP contribution in [-0.2, 0) is 4.79 Å². The van der Waals surface area contributed by atoms with Crippen molar-refractivity contribution in [2.75, 3.05) is 24.5 Å². The standard InChI is InChI=1S/C27H27BrF3N3O3/c1-15-25(21-11-17(28)5-8-23(21)33-26(15)34-10-2-3-19(30)14-34)27(37)32-13-16(4-9-24(35)36)20-12-18(29)6-7-22(20)31/h5-8,11-12,16,19H,2-4,9-10,13-14H2,1H3,(H,32,37)(H,35,36). The number of carbonyl (C=O) groups is 2. The molecule has 0 bridgehead atoms. The van der Waals surface area contributed by atoms with Gasteiger partial charge in [0.25, 0.3) is 5.91 Å². The van der Waals surface area contributed by atoms with Crippen LogP contribution in [0.2, 0.25) is 0 Å². The van der Waals surface area contributed by atoms with E-state index in [9.17, 15) is 22.8 Å². The second-order valence-electron chi connectivity index (χ2n) is 9.29. The monoisotopic (exact) mass is 577 g/mol. The summed E-state index contributed by atoms with van der Waals surface area (Å²) in [4.78, 5) is 31.3. The fourth-order valence-corrected chi connectivity index (χ4v) is 5.19. The number of rotatable bonds is 8. The summed E-state index contributed by atoms with van der Waals surface area (Å²) in [5, 5.41) is 12.5. The minimum Gasteiger partial charge on any atom is -0.481 e. The largest absolute Gasteiger partial charge is 0.481 e. The molecule has 0 aliphatic carbocycles. The number of carboxylic acids is 1. The van der Waals surface area contributed by atoms with E-state index in [2.05, 4.69) is 21.2 Å². The Morgan fingerprint density at radius 1 is 1.24 bits per heavy atom. The third kappa shape index (κ3) is 6.23. The maximum Gasteiger partial charge on any atom is 0.303 e. The van der Waals surface area contributed by atoms with Gasteiger partial charge in [0.1, 0.15) is 23.6 Å². The Hall–Kier alpha value is -3.14. The first-order valence-corrected chi connectivity index (χ1v) is 12.9. The molecule has 6 nitrogen and oxygen atoms in total. The van der Waals surface area contributed by atoms with E-state index in [-0.39, 0.29) is 31.5 Å². The van der Waals surface area contributed by atoms with Crippen molar-refractivity contribution in [2.24, 2.45) is 0 Å². The minimum absolute atomic E-state index is 0.00333. The first-order valence-electron chi connectivity index (χ1n) is 12.1. The number of amides is 1. The summed E-state index contributed by atoms with van der Waals surface area (Å²) in [6, 6.07) is 8.35. The van der Waals surface area contributed by atoms with Gasteiger partial charge in [-0.2, -0.15) is 0 Å². The molecule has 1 aliphatic rings. The number of aliphatic carboxylic acids is 1. The molecule has 0 radical (unpaired) electrons. The number of nitrogens with zero attached hydrogens (tertiary/aromatic N) is 2. The van der Waals surface area contributed by atoms with Crippen LogP contribution < -0.4 is 10.2 Å². The molecule has 4 rings (SSSR count). The Balaban J connectivity index is 1.69. The summed E-state index contributed by atoms with van der Waals surface area (Å²) in [7, 11) is 0. The lowest BCUT2D eigenvalue weighted by molar-refractivity contribution is -0.137. The summed E-state index contributed by atoms with van der Waals surface area (Å²) >= 11 is 3.43. The average Bonchev–Trinajstić information content (AvgIpc) is 2.85. The lowest BCUT2D eigenvalue weighted by Crippen LogP contribution is -2.38. The number of halogens is 4. The van der Waals surface area contributed by atoms with Crippen LogP contribution >= 0.6 is 15.9 Å². The molecule has 2 heterocycles. The second kappa shape index (κ2) is 11.5. The summed E-state index contributed by atoms with van der Waals surface area (Å²) in [5.74, 6) is -3.10. The Labute approximate surface area is 221 Å². The van der Waals surface area contributed by atoms with Crippen molar-refractivity contribution in [2.45, 2.75) is 44.7 Å². The molecule has 1 fully saturated rings. The lowest BCUT2D eigenvalue weighted by Gasteiger charge is -2.32. The molecule has 1 saturated heterocycles. The molecule has 2 atom stereocenters. The zero-order valence-corrected chi connectivity index (χ0v) is 21.8. The van der Waals surface area contributed by atoms with E-state index < -0.39 is 35.6 Å². The molecule has 10 heteroatoms. The van der Waals surface area contributed by atoms with Gasteiger partial charge in [-0.1, -0.05) is 15.9 Å². The zero-order chi connectivity index (χ0) is 26.7. The molecule has 2 N–H and O–H groups in total. The molecular formula is C27H27BrF3N3O3. The quantitative estimate of drug-likeness (QED) is 0.348. The highest BCUT2D eigenvalue weighted by atomic mass is 79.9. The number of pyridine rings is 1. The van der Waals surface area contributed by atoms with Crippen molar-refractivity contribution in [3.63, 3.8) is 0 Å². The van der Waals surface area contributed by atoms with Crippen molar-refractivity contribution in [1.82, 2.24) is 10.3 Å². The number of hydrogen-bond acceptors (Lipinski definition) is 4. The molecule has 0 spiro atoms. The summed E-state index contributed by atoms with van der Waals surface area (Å²) in [6.07, 6.45) is -0.0904. The number of carboxylic acid groups (broad SMARTS) is 1. The molecule has 1 amide bonds. The van der Waals surface area contributed by atoms with Crippen LogP contribution in [0.5, 0.6) is 0 Å². The van der Waals surface area contributed by atoms with Gasteiger partial charge in [0.15, 0.2) is 0 Å². The lowest BCUT2D eigenvalue weighted by atomic mass is 9.93. The van der Waals surface area contributed by atoms with E-state index in [0.29, 0.717) is 47.2 Å². The topological polar surface area (TPSA) is 82.5 Å². The van der Waals surface area contributed by atoms with Crippen LogP contribution in [0.15, 0.2) is 40.9 Å². The molecule has 37 heavy (non-hydrogen) atoms. The predicted molar refractivity (Wildman–Crippen MR) is 139 cm³/mol. The smallest absolute Gasteiger partial charge is 0.303 e. The third-order valence-electron chi connectivity index (χ3n) is 6.67. The Kier molecular flexibility index (Phi) is 8.36. The van der Waals surface area contributed by atoms with Crippen LogP contribution in [-0.4, -0.2) is 47.8 Å². The SMILES string of the molecule is Cc1c(N2CCCC(F)C2)nc2ccc(Br)cc2c1C(=O)NCC(CCC(=O)O)c1cc(F)ccc1F. The van der Waals surface area contributed by atoms with Crippen molar-refractivity contribution >= 4 is 44.5 Å². The minimum atomic E-state index is -1.08. The summed E-state index contributed by atoms with van der Waals surface area (Å²) in [5.41, 5.74) is 1.49. The van der Waals surface area contributed by atoms with Crippen molar-refractivity contribution < 1.29 is 27.9 Å². The van der Waals surface area contributed by atoms with E-state index >= 15 is 0 Å². The molecular weight excluding hydrogens is 551 g/mol. The van der Waals surface area contributed by atoms with E-state index in [1.54, 1.807) is 25.1 Å². The van der Waals surface area contributed by atoms with Gasteiger partial charge in [-0.05, 0) is 68.1 Å². The van der Waals surface area contributed by atoms with Crippen LogP contribution in [0.3, 0.4) is 0 Å². The number of hydrogen-bond donors (Lipinski definition) is 2. The van der Waals surface area contributed by atoms with E-state index in [0.717, 1.165) is 22.7 Å². The number of alkyl halides is 1. The van der Waals surface area contributed by atoms with Gasteiger partial charge in [0.2, 0.25) is 0 Å². The fraction of sp³-hybridized carbons (Fsp3) is 0.370. The predicted octanol–water partition coefficient (Wildman–Crippen LogP) is 5.90. The van der Waals surface area contributed by atoms with Crippen LogP contribution in [0.1, 0.15) is 53.1 Å². The molecule has 0 saturated carbocycles. The molecule has 1 aromatic heterocycles. The number of fused-ring (bicyclic) bond motifs is 1. The van der Waals surface area contributed by atoms with Crippen molar-refractivity contribution in [1.29, 1.82) is 0 Å². The van der Waals surface area contributed by atoms with Gasteiger partial charge >= 0.3 is 5.97 Å². The van der Waals surface area contributed by atoms with Crippen molar-refractivity contribution in [3.8, 4) is 0 Å². The maximum absolute atomic E-state index is 14.5. The average molecular weight is 578 g/mol. The maximum atomic E-state index is 14.5.